The minimum absolute atomic E-state index is 0. The van der Waals surface area contributed by atoms with Crippen LogP contribution in [0.5, 0.6) is 0 Å². The van der Waals surface area contributed by atoms with Gasteiger partial charge >= 0.3 is 0 Å². The first-order valence-corrected chi connectivity index (χ1v) is 8.16. The van der Waals surface area contributed by atoms with E-state index in [4.69, 9.17) is 5.73 Å². The lowest BCUT2D eigenvalue weighted by Gasteiger charge is -1.99. The van der Waals surface area contributed by atoms with Gasteiger partial charge in [-0.1, -0.05) is 0 Å². The highest BCUT2D eigenvalue weighted by Crippen LogP contribution is 2.23. The molecule has 0 radical (unpaired) electrons. The number of nitrogens with one attached hydrogen (secondary N) is 1. The van der Waals surface area contributed by atoms with Gasteiger partial charge in [-0.25, -0.2) is 9.97 Å². The number of nitrogen functional groups attached to an aromatic ring is 1. The van der Waals surface area contributed by atoms with Gasteiger partial charge in [0.15, 0.2) is 0 Å². The molecule has 4 aromatic heterocycles. The SMILES string of the molecule is Nc1csc(-c2ccncc2)n1.O=CNc1ccc2cnccc2n1.[HH]. The number of anilines is 2. The van der Waals surface area contributed by atoms with Gasteiger partial charge in [0.1, 0.15) is 16.6 Å². The fourth-order valence-electron chi connectivity index (χ4n) is 2.02. The van der Waals surface area contributed by atoms with Crippen molar-refractivity contribution in [2.45, 2.75) is 0 Å². The van der Waals surface area contributed by atoms with Crippen molar-refractivity contribution in [3.05, 3.63) is 60.5 Å². The lowest BCUT2D eigenvalue weighted by atomic mass is 10.3. The highest BCUT2D eigenvalue weighted by molar-refractivity contribution is 7.13. The third kappa shape index (κ3) is 4.33. The van der Waals surface area contributed by atoms with Gasteiger partial charge in [0, 0.05) is 42.5 Å². The van der Waals surface area contributed by atoms with Gasteiger partial charge in [0.05, 0.1) is 5.52 Å². The Morgan fingerprint density at radius 1 is 1.04 bits per heavy atom. The number of aromatic nitrogens is 4. The first kappa shape index (κ1) is 16.5. The van der Waals surface area contributed by atoms with E-state index in [1.54, 1.807) is 36.9 Å². The summed E-state index contributed by atoms with van der Waals surface area (Å²) < 4.78 is 0. The highest BCUT2D eigenvalue weighted by atomic mass is 32.1. The Balaban J connectivity index is 0.000000180. The quantitative estimate of drug-likeness (QED) is 0.548. The normalized spacial score (nSPS) is 9.92. The summed E-state index contributed by atoms with van der Waals surface area (Å²) in [5, 5.41) is 6.21. The molecule has 4 aromatic rings. The van der Waals surface area contributed by atoms with Crippen molar-refractivity contribution >= 4 is 40.3 Å². The van der Waals surface area contributed by atoms with E-state index >= 15 is 0 Å². The number of amides is 1. The summed E-state index contributed by atoms with van der Waals surface area (Å²) >= 11 is 1.54. The Hall–Kier alpha value is -3.39. The van der Waals surface area contributed by atoms with Crippen LogP contribution in [0.4, 0.5) is 11.6 Å². The molecule has 0 saturated heterocycles. The second kappa shape index (κ2) is 7.93. The number of nitrogens with two attached hydrogens (primary N) is 1. The summed E-state index contributed by atoms with van der Waals surface area (Å²) in [5.74, 6) is 1.13. The molecule has 0 aliphatic rings. The summed E-state index contributed by atoms with van der Waals surface area (Å²) in [6.07, 6.45) is 7.49. The smallest absolute Gasteiger partial charge is 0.212 e. The van der Waals surface area contributed by atoms with Crippen LogP contribution in [-0.4, -0.2) is 26.3 Å². The number of hydrogen-bond donors (Lipinski definition) is 2. The Morgan fingerprint density at radius 3 is 2.56 bits per heavy atom. The first-order chi connectivity index (χ1) is 12.3. The molecule has 0 atom stereocenters. The zero-order valence-electron chi connectivity index (χ0n) is 13.0. The van der Waals surface area contributed by atoms with E-state index in [9.17, 15) is 4.79 Å². The number of carbonyl (C=O) groups excluding carboxylic acids is 1. The van der Waals surface area contributed by atoms with Crippen LogP contribution in [0.15, 0.2) is 60.5 Å². The second-order valence-electron chi connectivity index (χ2n) is 4.84. The molecule has 0 spiro atoms. The van der Waals surface area contributed by atoms with Crippen molar-refractivity contribution in [1.29, 1.82) is 0 Å². The maximum Gasteiger partial charge on any atom is 0.212 e. The lowest BCUT2D eigenvalue weighted by Crippen LogP contribution is -1.96. The molecule has 126 valence electrons. The van der Waals surface area contributed by atoms with Crippen LogP contribution in [0.2, 0.25) is 0 Å². The summed E-state index contributed by atoms with van der Waals surface area (Å²) in [4.78, 5) is 26.4. The van der Waals surface area contributed by atoms with E-state index in [0.29, 0.717) is 18.0 Å². The minimum Gasteiger partial charge on any atom is -0.383 e. The van der Waals surface area contributed by atoms with Gasteiger partial charge in [-0.15, -0.1) is 11.3 Å². The molecular formula is C17H16N6OS. The van der Waals surface area contributed by atoms with E-state index in [2.05, 4.69) is 25.3 Å². The molecule has 25 heavy (non-hydrogen) atoms. The maximum atomic E-state index is 10.1. The van der Waals surface area contributed by atoms with Gasteiger partial charge in [0.2, 0.25) is 6.41 Å². The third-order valence-corrected chi connectivity index (χ3v) is 4.06. The Kier molecular flexibility index (Phi) is 5.22. The molecule has 0 fully saturated rings. The number of hydrogen-bond acceptors (Lipinski definition) is 7. The standard InChI is InChI=1S/C9H7N3O.C8H7N3S.H2/c13-6-11-9-2-1-7-5-10-4-3-8(7)12-9;9-7-5-12-8(11-7)6-1-3-10-4-2-6;/h1-6H,(H,11,12,13);1-5H,9H2;1H. The molecule has 0 aliphatic carbocycles. The lowest BCUT2D eigenvalue weighted by molar-refractivity contribution is -0.105. The van der Waals surface area contributed by atoms with Gasteiger partial charge in [-0.3, -0.25) is 14.8 Å². The summed E-state index contributed by atoms with van der Waals surface area (Å²) in [6, 6.07) is 9.22. The molecule has 7 nitrogen and oxygen atoms in total. The van der Waals surface area contributed by atoms with E-state index in [0.717, 1.165) is 21.5 Å². The predicted octanol–water partition coefficient (Wildman–Crippen LogP) is 3.23. The Bertz CT molecular complexity index is 979. The highest BCUT2D eigenvalue weighted by Gasteiger charge is 2.00. The molecule has 0 unspecified atom stereocenters. The minimum atomic E-state index is 0. The molecule has 3 N–H and O–H groups in total. The van der Waals surface area contributed by atoms with Crippen LogP contribution in [0.3, 0.4) is 0 Å². The molecule has 8 heteroatoms. The molecule has 0 bridgehead atoms. The van der Waals surface area contributed by atoms with Crippen LogP contribution < -0.4 is 11.1 Å². The zero-order valence-corrected chi connectivity index (χ0v) is 13.9. The van der Waals surface area contributed by atoms with E-state index < -0.39 is 0 Å². The molecule has 0 aromatic carbocycles. The fourth-order valence-corrected chi connectivity index (χ4v) is 2.73. The summed E-state index contributed by atoms with van der Waals surface area (Å²) in [7, 11) is 0. The number of thiazole rings is 1. The largest absolute Gasteiger partial charge is 0.383 e. The molecular weight excluding hydrogens is 336 g/mol. The average molecular weight is 352 g/mol. The van der Waals surface area contributed by atoms with Crippen LogP contribution in [-0.2, 0) is 4.79 Å². The van der Waals surface area contributed by atoms with E-state index in [1.165, 1.54) is 11.3 Å². The van der Waals surface area contributed by atoms with Gasteiger partial charge in [0.25, 0.3) is 0 Å². The molecule has 4 rings (SSSR count). The van der Waals surface area contributed by atoms with Gasteiger partial charge < -0.3 is 11.1 Å². The fraction of sp³-hybridized carbons (Fsp3) is 0. The van der Waals surface area contributed by atoms with Crippen molar-refractivity contribution in [1.82, 2.24) is 19.9 Å². The van der Waals surface area contributed by atoms with E-state index in [1.807, 2.05) is 23.6 Å². The molecule has 0 saturated carbocycles. The van der Waals surface area contributed by atoms with E-state index in [-0.39, 0.29) is 1.43 Å². The number of pyridine rings is 3. The molecule has 1 amide bonds. The second-order valence-corrected chi connectivity index (χ2v) is 5.70. The number of fused-ring (bicyclic) bond motifs is 1. The van der Waals surface area contributed by atoms with Crippen molar-refractivity contribution in [2.24, 2.45) is 0 Å². The number of nitrogens with zero attached hydrogens (tertiary/aromatic N) is 4. The number of rotatable bonds is 3. The third-order valence-electron chi connectivity index (χ3n) is 3.15. The number of carbonyl (C=O) groups is 1. The van der Waals surface area contributed by atoms with Crippen LogP contribution >= 0.6 is 11.3 Å². The topological polar surface area (TPSA) is 107 Å². The Labute approximate surface area is 149 Å². The Morgan fingerprint density at radius 2 is 1.84 bits per heavy atom. The van der Waals surface area contributed by atoms with Gasteiger partial charge in [-0.05, 0) is 30.3 Å². The maximum absolute atomic E-state index is 10.1. The van der Waals surface area contributed by atoms with Crippen molar-refractivity contribution in [2.75, 3.05) is 11.1 Å². The van der Waals surface area contributed by atoms with Crippen molar-refractivity contribution < 1.29 is 6.22 Å². The van der Waals surface area contributed by atoms with Crippen molar-refractivity contribution in [3.8, 4) is 10.6 Å². The zero-order chi connectivity index (χ0) is 17.5. The summed E-state index contributed by atoms with van der Waals surface area (Å²) in [5.41, 5.74) is 7.38. The monoisotopic (exact) mass is 352 g/mol. The summed E-state index contributed by atoms with van der Waals surface area (Å²) in [6.45, 7) is 0. The van der Waals surface area contributed by atoms with Crippen LogP contribution in [0, 0.1) is 0 Å². The van der Waals surface area contributed by atoms with Crippen molar-refractivity contribution in [3.63, 3.8) is 0 Å². The van der Waals surface area contributed by atoms with Crippen LogP contribution in [0.25, 0.3) is 21.5 Å². The first-order valence-electron chi connectivity index (χ1n) is 7.28. The average Bonchev–Trinajstić information content (AvgIpc) is 3.10. The van der Waals surface area contributed by atoms with Gasteiger partial charge in [-0.2, -0.15) is 0 Å². The predicted molar refractivity (Wildman–Crippen MR) is 101 cm³/mol. The van der Waals surface area contributed by atoms with Crippen LogP contribution in [0.1, 0.15) is 1.43 Å². The molecule has 0 aliphatic heterocycles. The molecule has 4 heterocycles.